The molecule has 2 aromatic rings. The number of ether oxygens (including phenoxy) is 1. The predicted molar refractivity (Wildman–Crippen MR) is 117 cm³/mol. The first-order valence-corrected chi connectivity index (χ1v) is 9.60. The second-order valence-electron chi connectivity index (χ2n) is 7.17. The van der Waals surface area contributed by atoms with Crippen molar-refractivity contribution in [3.8, 4) is 11.1 Å². The molecule has 1 N–H and O–H groups in total. The first-order valence-electron chi connectivity index (χ1n) is 9.60. The SMILES string of the molecule is Cl.Cl.c1ccc(-c2cccc([C@@H](C3CCOCC3)N3CCNCC3)c2)cc1. The van der Waals surface area contributed by atoms with Crippen LogP contribution in [0, 0.1) is 5.92 Å². The van der Waals surface area contributed by atoms with Gasteiger partial charge in [-0.2, -0.15) is 0 Å². The summed E-state index contributed by atoms with van der Waals surface area (Å²) in [6, 6.07) is 20.4. The number of hydrogen-bond acceptors (Lipinski definition) is 3. The summed E-state index contributed by atoms with van der Waals surface area (Å²) < 4.78 is 5.64. The van der Waals surface area contributed by atoms with Crippen LogP contribution >= 0.6 is 24.8 Å². The van der Waals surface area contributed by atoms with Gasteiger partial charge in [-0.1, -0.05) is 48.5 Å². The molecule has 148 valence electrons. The average Bonchev–Trinajstić information content (AvgIpc) is 2.71. The summed E-state index contributed by atoms with van der Waals surface area (Å²) in [5.74, 6) is 0.692. The largest absolute Gasteiger partial charge is 0.381 e. The molecule has 4 rings (SSSR count). The molecular weight excluding hydrogens is 379 g/mol. The maximum absolute atomic E-state index is 5.64. The molecule has 2 aromatic carbocycles. The van der Waals surface area contributed by atoms with Crippen LogP contribution in [0.3, 0.4) is 0 Å². The molecule has 0 amide bonds. The molecule has 0 unspecified atom stereocenters. The fraction of sp³-hybridized carbons (Fsp3) is 0.455. The molecule has 3 nitrogen and oxygen atoms in total. The number of hydrogen-bond donors (Lipinski definition) is 1. The molecule has 2 aliphatic rings. The summed E-state index contributed by atoms with van der Waals surface area (Å²) in [5.41, 5.74) is 4.09. The third-order valence-corrected chi connectivity index (χ3v) is 5.59. The van der Waals surface area contributed by atoms with E-state index in [1.807, 2.05) is 0 Å². The summed E-state index contributed by atoms with van der Waals surface area (Å²) in [7, 11) is 0. The Balaban J connectivity index is 0.00000131. The van der Waals surface area contributed by atoms with E-state index in [9.17, 15) is 0 Å². The predicted octanol–water partition coefficient (Wildman–Crippen LogP) is 4.57. The van der Waals surface area contributed by atoms with E-state index in [1.165, 1.54) is 29.5 Å². The van der Waals surface area contributed by atoms with Gasteiger partial charge in [-0.15, -0.1) is 24.8 Å². The molecule has 27 heavy (non-hydrogen) atoms. The minimum Gasteiger partial charge on any atom is -0.381 e. The lowest BCUT2D eigenvalue weighted by Gasteiger charge is -2.41. The summed E-state index contributed by atoms with van der Waals surface area (Å²) in [5, 5.41) is 3.49. The van der Waals surface area contributed by atoms with E-state index in [-0.39, 0.29) is 24.8 Å². The lowest BCUT2D eigenvalue weighted by atomic mass is 9.84. The monoisotopic (exact) mass is 408 g/mol. The van der Waals surface area contributed by atoms with Crippen LogP contribution in [0.2, 0.25) is 0 Å². The Morgan fingerprint density at radius 3 is 2.22 bits per heavy atom. The number of halogens is 2. The smallest absolute Gasteiger partial charge is 0.0469 e. The first-order chi connectivity index (χ1) is 12.4. The van der Waals surface area contributed by atoms with Crippen molar-refractivity contribution in [2.75, 3.05) is 39.4 Å². The Morgan fingerprint density at radius 2 is 1.52 bits per heavy atom. The summed E-state index contributed by atoms with van der Waals surface area (Å²) in [6.07, 6.45) is 2.34. The van der Waals surface area contributed by atoms with Crippen LogP contribution in [0.1, 0.15) is 24.4 Å². The molecule has 0 radical (unpaired) electrons. The second-order valence-corrected chi connectivity index (χ2v) is 7.17. The fourth-order valence-electron chi connectivity index (χ4n) is 4.31. The zero-order chi connectivity index (χ0) is 16.9. The van der Waals surface area contributed by atoms with Crippen LogP contribution in [0.15, 0.2) is 54.6 Å². The molecule has 1 atom stereocenters. The van der Waals surface area contributed by atoms with E-state index in [1.54, 1.807) is 0 Å². The molecule has 2 heterocycles. The van der Waals surface area contributed by atoms with Crippen LogP contribution in [0.5, 0.6) is 0 Å². The summed E-state index contributed by atoms with van der Waals surface area (Å²) in [6.45, 7) is 6.28. The second kappa shape index (κ2) is 11.0. The van der Waals surface area contributed by atoms with E-state index in [0.29, 0.717) is 12.0 Å². The minimum absolute atomic E-state index is 0. The maximum Gasteiger partial charge on any atom is 0.0469 e. The van der Waals surface area contributed by atoms with Crippen molar-refractivity contribution < 1.29 is 4.74 Å². The molecule has 2 saturated heterocycles. The van der Waals surface area contributed by atoms with Crippen molar-refractivity contribution in [1.82, 2.24) is 10.2 Å². The Labute approximate surface area is 175 Å². The molecule has 2 aliphatic heterocycles. The first kappa shape index (κ1) is 22.2. The third-order valence-electron chi connectivity index (χ3n) is 5.59. The van der Waals surface area contributed by atoms with E-state index >= 15 is 0 Å². The molecule has 2 fully saturated rings. The van der Waals surface area contributed by atoms with Gasteiger partial charge in [0.1, 0.15) is 0 Å². The molecule has 0 aliphatic carbocycles. The highest BCUT2D eigenvalue weighted by atomic mass is 35.5. The quantitative estimate of drug-likeness (QED) is 0.801. The van der Waals surface area contributed by atoms with Gasteiger partial charge in [0.25, 0.3) is 0 Å². The Morgan fingerprint density at radius 1 is 0.852 bits per heavy atom. The Kier molecular flexibility index (Phi) is 9.07. The van der Waals surface area contributed by atoms with Crippen molar-refractivity contribution in [2.45, 2.75) is 18.9 Å². The van der Waals surface area contributed by atoms with Crippen molar-refractivity contribution in [1.29, 1.82) is 0 Å². The maximum atomic E-state index is 5.64. The minimum atomic E-state index is 0. The van der Waals surface area contributed by atoms with Crippen LogP contribution in [0.4, 0.5) is 0 Å². The van der Waals surface area contributed by atoms with Crippen LogP contribution < -0.4 is 5.32 Å². The van der Waals surface area contributed by atoms with Gasteiger partial charge in [0.15, 0.2) is 0 Å². The lowest BCUT2D eigenvalue weighted by Crippen LogP contribution is -2.47. The van der Waals surface area contributed by atoms with Gasteiger partial charge < -0.3 is 10.1 Å². The highest BCUT2D eigenvalue weighted by Gasteiger charge is 2.31. The van der Waals surface area contributed by atoms with Gasteiger partial charge in [0.05, 0.1) is 0 Å². The van der Waals surface area contributed by atoms with Crippen molar-refractivity contribution >= 4 is 24.8 Å². The van der Waals surface area contributed by atoms with Crippen molar-refractivity contribution in [3.05, 3.63) is 60.2 Å². The summed E-state index contributed by atoms with van der Waals surface area (Å²) in [4.78, 5) is 2.69. The average molecular weight is 409 g/mol. The van der Waals surface area contributed by atoms with E-state index in [4.69, 9.17) is 4.74 Å². The van der Waals surface area contributed by atoms with Gasteiger partial charge in [-0.3, -0.25) is 4.90 Å². The number of piperazine rings is 1. The highest BCUT2D eigenvalue weighted by molar-refractivity contribution is 5.85. The highest BCUT2D eigenvalue weighted by Crippen LogP contribution is 2.36. The van der Waals surface area contributed by atoms with Crippen molar-refractivity contribution in [2.24, 2.45) is 5.92 Å². The molecular formula is C22H30Cl2N2O. The summed E-state index contributed by atoms with van der Waals surface area (Å²) >= 11 is 0. The Hall–Kier alpha value is -1.10. The van der Waals surface area contributed by atoms with Gasteiger partial charge in [-0.05, 0) is 41.5 Å². The molecule has 0 bridgehead atoms. The van der Waals surface area contributed by atoms with E-state index in [0.717, 1.165) is 39.4 Å². The van der Waals surface area contributed by atoms with Crippen LogP contribution in [-0.2, 0) is 4.74 Å². The molecule has 5 heteroatoms. The van der Waals surface area contributed by atoms with Crippen LogP contribution in [0.25, 0.3) is 11.1 Å². The van der Waals surface area contributed by atoms with Gasteiger partial charge in [0, 0.05) is 45.4 Å². The zero-order valence-corrected chi connectivity index (χ0v) is 17.3. The third kappa shape index (κ3) is 5.46. The molecule has 0 saturated carbocycles. The van der Waals surface area contributed by atoms with E-state index < -0.39 is 0 Å². The number of benzene rings is 2. The molecule has 0 spiro atoms. The standard InChI is InChI=1S/C22H28N2O.2ClH/c1-2-5-18(6-3-1)20-7-4-8-21(17-20)22(19-9-15-25-16-10-19)24-13-11-23-12-14-24;;/h1-8,17,19,22-23H,9-16H2;2*1H/t22-;;/m1../s1. The zero-order valence-electron chi connectivity index (χ0n) is 15.7. The topological polar surface area (TPSA) is 24.5 Å². The number of rotatable bonds is 4. The van der Waals surface area contributed by atoms with Gasteiger partial charge >= 0.3 is 0 Å². The van der Waals surface area contributed by atoms with Gasteiger partial charge in [-0.25, -0.2) is 0 Å². The fourth-order valence-corrected chi connectivity index (χ4v) is 4.31. The normalized spacial score (nSPS) is 19.6. The van der Waals surface area contributed by atoms with Gasteiger partial charge in [0.2, 0.25) is 0 Å². The lowest BCUT2D eigenvalue weighted by molar-refractivity contribution is 0.0213. The number of nitrogens with zero attached hydrogens (tertiary/aromatic N) is 1. The van der Waals surface area contributed by atoms with E-state index in [2.05, 4.69) is 64.8 Å². The molecule has 0 aromatic heterocycles. The van der Waals surface area contributed by atoms with Crippen molar-refractivity contribution in [3.63, 3.8) is 0 Å². The number of nitrogens with one attached hydrogen (secondary N) is 1. The van der Waals surface area contributed by atoms with Crippen LogP contribution in [-0.4, -0.2) is 44.3 Å². The Bertz CT molecular complexity index is 653.